The molecule has 0 saturated carbocycles. The van der Waals surface area contributed by atoms with Gasteiger partial charge in [0, 0.05) is 30.0 Å². The summed E-state index contributed by atoms with van der Waals surface area (Å²) in [6.07, 6.45) is 9.91. The van der Waals surface area contributed by atoms with E-state index in [0.717, 1.165) is 18.4 Å². The van der Waals surface area contributed by atoms with Crippen LogP contribution in [-0.4, -0.2) is 31.8 Å². The summed E-state index contributed by atoms with van der Waals surface area (Å²) in [6, 6.07) is 2.83. The van der Waals surface area contributed by atoms with Crippen molar-refractivity contribution in [1.82, 2.24) is 19.9 Å². The first kappa shape index (κ1) is 12.7. The lowest BCUT2D eigenvalue weighted by Gasteiger charge is -2.45. The van der Waals surface area contributed by atoms with E-state index in [2.05, 4.69) is 21.5 Å². The van der Waals surface area contributed by atoms with Crippen LogP contribution in [0.25, 0.3) is 5.65 Å². The highest BCUT2D eigenvalue weighted by molar-refractivity contribution is 5.53. The van der Waals surface area contributed by atoms with Gasteiger partial charge in [-0.2, -0.15) is 10.4 Å². The quantitative estimate of drug-likeness (QED) is 0.818. The monoisotopic (exact) mass is 283 g/mol. The van der Waals surface area contributed by atoms with Crippen molar-refractivity contribution >= 4 is 5.65 Å². The Morgan fingerprint density at radius 1 is 1.33 bits per heavy atom. The second-order valence-electron chi connectivity index (χ2n) is 6.21. The fourth-order valence-corrected chi connectivity index (χ4v) is 3.76. The summed E-state index contributed by atoms with van der Waals surface area (Å²) < 4.78 is 1.59. The Morgan fingerprint density at radius 2 is 2.10 bits per heavy atom. The SMILES string of the molecule is N#Cc1cnn2cc(C3(O)CC4CCCC(C3)N4)cnc12. The highest BCUT2D eigenvalue weighted by atomic mass is 16.3. The molecule has 4 heterocycles. The summed E-state index contributed by atoms with van der Waals surface area (Å²) in [6.45, 7) is 0. The molecule has 0 radical (unpaired) electrons. The van der Waals surface area contributed by atoms with Gasteiger partial charge in [-0.1, -0.05) is 6.42 Å². The number of nitriles is 1. The number of aromatic nitrogens is 3. The molecule has 0 spiro atoms. The molecule has 6 heteroatoms. The number of piperidine rings is 2. The number of hydrogen-bond donors (Lipinski definition) is 2. The molecular weight excluding hydrogens is 266 g/mol. The molecule has 2 fully saturated rings. The number of nitrogens with zero attached hydrogens (tertiary/aromatic N) is 4. The van der Waals surface area contributed by atoms with Crippen molar-refractivity contribution in [3.63, 3.8) is 0 Å². The molecule has 2 unspecified atom stereocenters. The lowest BCUT2D eigenvalue weighted by molar-refractivity contribution is -0.0364. The number of rotatable bonds is 1. The third-order valence-corrected chi connectivity index (χ3v) is 4.76. The third-order valence-electron chi connectivity index (χ3n) is 4.76. The van der Waals surface area contributed by atoms with E-state index in [1.54, 1.807) is 10.7 Å². The molecule has 108 valence electrons. The normalized spacial score (nSPS) is 32.0. The molecule has 0 aromatic carbocycles. The molecule has 2 aliphatic rings. The summed E-state index contributed by atoms with van der Waals surface area (Å²) in [4.78, 5) is 4.32. The van der Waals surface area contributed by atoms with Crippen LogP contribution in [0, 0.1) is 11.3 Å². The standard InChI is InChI=1S/C15H17N5O/c16-6-10-7-18-20-9-11(8-17-14(10)20)15(21)4-12-2-1-3-13(5-15)19-12/h7-9,12-13,19,21H,1-5H2. The topological polar surface area (TPSA) is 86.2 Å². The first-order valence-electron chi connectivity index (χ1n) is 7.40. The molecule has 2 atom stereocenters. The Hall–Kier alpha value is -1.97. The van der Waals surface area contributed by atoms with E-state index in [1.165, 1.54) is 12.6 Å². The Labute approximate surface area is 122 Å². The lowest BCUT2D eigenvalue weighted by atomic mass is 9.74. The Balaban J connectivity index is 1.73. The molecule has 0 amide bonds. The number of fused-ring (bicyclic) bond motifs is 3. The lowest BCUT2D eigenvalue weighted by Crippen LogP contribution is -2.54. The van der Waals surface area contributed by atoms with Gasteiger partial charge in [0.05, 0.1) is 11.8 Å². The van der Waals surface area contributed by atoms with Crippen molar-refractivity contribution < 1.29 is 5.11 Å². The number of aliphatic hydroxyl groups is 1. The molecule has 0 aliphatic carbocycles. The second kappa shape index (κ2) is 4.52. The largest absolute Gasteiger partial charge is 0.385 e. The summed E-state index contributed by atoms with van der Waals surface area (Å²) >= 11 is 0. The molecule has 2 aromatic rings. The minimum Gasteiger partial charge on any atom is -0.385 e. The molecular formula is C15H17N5O. The maximum atomic E-state index is 11.1. The van der Waals surface area contributed by atoms with E-state index in [0.29, 0.717) is 36.1 Å². The molecule has 21 heavy (non-hydrogen) atoms. The van der Waals surface area contributed by atoms with E-state index >= 15 is 0 Å². The maximum Gasteiger partial charge on any atom is 0.172 e. The molecule has 4 rings (SSSR count). The fourth-order valence-electron chi connectivity index (χ4n) is 3.76. The number of hydrogen-bond acceptors (Lipinski definition) is 5. The van der Waals surface area contributed by atoms with Gasteiger partial charge >= 0.3 is 0 Å². The van der Waals surface area contributed by atoms with E-state index in [-0.39, 0.29) is 0 Å². The van der Waals surface area contributed by atoms with Gasteiger partial charge in [-0.3, -0.25) is 0 Å². The highest BCUT2D eigenvalue weighted by Gasteiger charge is 2.42. The maximum absolute atomic E-state index is 11.1. The van der Waals surface area contributed by atoms with Crippen LogP contribution in [0.3, 0.4) is 0 Å². The van der Waals surface area contributed by atoms with E-state index in [9.17, 15) is 5.11 Å². The van der Waals surface area contributed by atoms with Crippen LogP contribution in [0.2, 0.25) is 0 Å². The zero-order chi connectivity index (χ0) is 14.4. The number of nitrogens with one attached hydrogen (secondary N) is 1. The predicted molar refractivity (Wildman–Crippen MR) is 75.4 cm³/mol. The highest BCUT2D eigenvalue weighted by Crippen LogP contribution is 2.39. The molecule has 2 saturated heterocycles. The van der Waals surface area contributed by atoms with Crippen LogP contribution in [0.1, 0.15) is 43.2 Å². The minimum absolute atomic E-state index is 0.380. The van der Waals surface area contributed by atoms with Gasteiger partial charge < -0.3 is 10.4 Å². The molecule has 2 aliphatic heterocycles. The van der Waals surface area contributed by atoms with E-state index < -0.39 is 5.60 Å². The Kier molecular flexibility index (Phi) is 2.74. The van der Waals surface area contributed by atoms with Gasteiger partial charge in [0.15, 0.2) is 5.65 Å². The van der Waals surface area contributed by atoms with Crippen molar-refractivity contribution in [3.8, 4) is 6.07 Å². The van der Waals surface area contributed by atoms with Gasteiger partial charge in [0.25, 0.3) is 0 Å². The molecule has 2 bridgehead atoms. The molecule has 2 aromatic heterocycles. The smallest absolute Gasteiger partial charge is 0.172 e. The van der Waals surface area contributed by atoms with Crippen LogP contribution < -0.4 is 5.32 Å². The van der Waals surface area contributed by atoms with Crippen LogP contribution in [0.5, 0.6) is 0 Å². The van der Waals surface area contributed by atoms with Gasteiger partial charge in [0.1, 0.15) is 11.6 Å². The van der Waals surface area contributed by atoms with Crippen molar-refractivity contribution in [1.29, 1.82) is 5.26 Å². The van der Waals surface area contributed by atoms with Crippen LogP contribution in [-0.2, 0) is 5.60 Å². The zero-order valence-corrected chi connectivity index (χ0v) is 11.7. The summed E-state index contributed by atoms with van der Waals surface area (Å²) in [5, 5.41) is 27.8. The van der Waals surface area contributed by atoms with Gasteiger partial charge in [-0.25, -0.2) is 9.50 Å². The molecule has 2 N–H and O–H groups in total. The molecule has 6 nitrogen and oxygen atoms in total. The summed E-state index contributed by atoms with van der Waals surface area (Å²) in [5.74, 6) is 0. The average molecular weight is 283 g/mol. The van der Waals surface area contributed by atoms with Crippen LogP contribution >= 0.6 is 0 Å². The third kappa shape index (κ3) is 2.01. The minimum atomic E-state index is -0.846. The van der Waals surface area contributed by atoms with Gasteiger partial charge in [0.2, 0.25) is 0 Å². The van der Waals surface area contributed by atoms with Crippen molar-refractivity contribution in [2.45, 2.75) is 49.8 Å². The second-order valence-corrected chi connectivity index (χ2v) is 6.21. The zero-order valence-electron chi connectivity index (χ0n) is 11.7. The van der Waals surface area contributed by atoms with Crippen LogP contribution in [0.4, 0.5) is 0 Å². The summed E-state index contributed by atoms with van der Waals surface area (Å²) in [5.41, 5.74) is 0.941. The van der Waals surface area contributed by atoms with Crippen molar-refractivity contribution in [2.24, 2.45) is 0 Å². The van der Waals surface area contributed by atoms with E-state index in [4.69, 9.17) is 5.26 Å². The summed E-state index contributed by atoms with van der Waals surface area (Å²) in [7, 11) is 0. The first-order chi connectivity index (χ1) is 10.2. The Morgan fingerprint density at radius 3 is 2.81 bits per heavy atom. The van der Waals surface area contributed by atoms with Crippen LogP contribution in [0.15, 0.2) is 18.6 Å². The van der Waals surface area contributed by atoms with Gasteiger partial charge in [-0.15, -0.1) is 0 Å². The fraction of sp³-hybridized carbons (Fsp3) is 0.533. The average Bonchev–Trinajstić information content (AvgIpc) is 2.89. The van der Waals surface area contributed by atoms with Crippen molar-refractivity contribution in [2.75, 3.05) is 0 Å². The Bertz CT molecular complexity index is 719. The van der Waals surface area contributed by atoms with Crippen molar-refractivity contribution in [3.05, 3.63) is 29.7 Å². The van der Waals surface area contributed by atoms with E-state index in [1.807, 2.05) is 6.20 Å². The predicted octanol–water partition coefficient (Wildman–Crippen LogP) is 1.09. The first-order valence-corrected chi connectivity index (χ1v) is 7.40. The van der Waals surface area contributed by atoms with Gasteiger partial charge in [-0.05, 0) is 25.7 Å².